The third-order valence-corrected chi connectivity index (χ3v) is 4.41. The number of halogens is 1. The highest BCUT2D eigenvalue weighted by Crippen LogP contribution is 2.33. The molecule has 3 amide bonds. The van der Waals surface area contributed by atoms with Crippen molar-refractivity contribution < 1.29 is 18.8 Å². The van der Waals surface area contributed by atoms with Crippen LogP contribution in [0.15, 0.2) is 42.5 Å². The summed E-state index contributed by atoms with van der Waals surface area (Å²) < 4.78 is 13.4. The van der Waals surface area contributed by atoms with Crippen LogP contribution in [-0.4, -0.2) is 23.8 Å². The molecule has 28 heavy (non-hydrogen) atoms. The van der Waals surface area contributed by atoms with Gasteiger partial charge in [-0.15, -0.1) is 0 Å². The number of fused-ring (bicyclic) bond motifs is 1. The van der Waals surface area contributed by atoms with Gasteiger partial charge < -0.3 is 16.0 Å². The van der Waals surface area contributed by atoms with Gasteiger partial charge in [0.2, 0.25) is 17.7 Å². The topological polar surface area (TPSA) is 87.3 Å². The van der Waals surface area contributed by atoms with E-state index in [-0.39, 0.29) is 36.6 Å². The first kappa shape index (κ1) is 19.5. The van der Waals surface area contributed by atoms with E-state index in [2.05, 4.69) is 16.0 Å². The molecule has 0 aliphatic carbocycles. The van der Waals surface area contributed by atoms with Crippen molar-refractivity contribution in [1.82, 2.24) is 5.32 Å². The molecule has 1 aliphatic heterocycles. The van der Waals surface area contributed by atoms with Gasteiger partial charge in [0.15, 0.2) is 0 Å². The molecule has 1 aliphatic rings. The minimum absolute atomic E-state index is 0.00206. The molecule has 1 heterocycles. The van der Waals surface area contributed by atoms with Crippen LogP contribution in [0.4, 0.5) is 15.8 Å². The van der Waals surface area contributed by atoms with Crippen LogP contribution in [0.3, 0.4) is 0 Å². The number of amides is 3. The van der Waals surface area contributed by atoms with Crippen molar-refractivity contribution in [3.05, 3.63) is 59.4 Å². The molecule has 2 aromatic carbocycles. The lowest BCUT2D eigenvalue weighted by molar-refractivity contribution is -0.123. The van der Waals surface area contributed by atoms with E-state index in [9.17, 15) is 18.8 Å². The van der Waals surface area contributed by atoms with Crippen molar-refractivity contribution in [2.24, 2.45) is 0 Å². The van der Waals surface area contributed by atoms with Crippen molar-refractivity contribution in [3.8, 4) is 0 Å². The molecule has 0 radical (unpaired) electrons. The molecule has 0 bridgehead atoms. The molecule has 146 valence electrons. The largest absolute Gasteiger partial charge is 0.354 e. The molecule has 0 aromatic heterocycles. The average molecular weight is 383 g/mol. The van der Waals surface area contributed by atoms with Crippen LogP contribution >= 0.6 is 0 Å². The number of carbonyl (C=O) groups is 3. The molecular weight excluding hydrogens is 361 g/mol. The lowest BCUT2D eigenvalue weighted by Crippen LogP contribution is -2.31. The fourth-order valence-electron chi connectivity index (χ4n) is 3.16. The number of carbonyl (C=O) groups excluding carboxylic acids is 3. The summed E-state index contributed by atoms with van der Waals surface area (Å²) in [5.41, 5.74) is 2.30. The highest BCUT2D eigenvalue weighted by Gasteiger charge is 2.31. The van der Waals surface area contributed by atoms with Crippen LogP contribution in [0.5, 0.6) is 0 Å². The Balaban J connectivity index is 1.68. The molecule has 0 fully saturated rings. The van der Waals surface area contributed by atoms with Crippen LogP contribution in [0.25, 0.3) is 0 Å². The van der Waals surface area contributed by atoms with Gasteiger partial charge in [0.05, 0.1) is 12.3 Å². The first-order chi connectivity index (χ1) is 13.3. The molecule has 1 atom stereocenters. The number of hydrogen-bond acceptors (Lipinski definition) is 3. The van der Waals surface area contributed by atoms with Gasteiger partial charge in [-0.05, 0) is 49.2 Å². The molecule has 7 heteroatoms. The van der Waals surface area contributed by atoms with E-state index in [1.165, 1.54) is 18.2 Å². The Morgan fingerprint density at radius 2 is 1.89 bits per heavy atom. The number of rotatable bonds is 5. The summed E-state index contributed by atoms with van der Waals surface area (Å²) in [4.78, 5) is 36.4. The van der Waals surface area contributed by atoms with E-state index in [4.69, 9.17) is 0 Å². The maximum Gasteiger partial charge on any atom is 0.232 e. The summed E-state index contributed by atoms with van der Waals surface area (Å²) in [7, 11) is 0. The predicted octanol–water partition coefficient (Wildman–Crippen LogP) is 2.96. The van der Waals surface area contributed by atoms with Gasteiger partial charge in [0, 0.05) is 23.8 Å². The Morgan fingerprint density at radius 1 is 1.18 bits per heavy atom. The molecule has 0 spiro atoms. The molecule has 3 N–H and O–H groups in total. The second kappa shape index (κ2) is 8.21. The summed E-state index contributed by atoms with van der Waals surface area (Å²) in [5.74, 6) is -1.90. The Hall–Kier alpha value is -3.22. The average Bonchev–Trinajstić information content (AvgIpc) is 2.61. The predicted molar refractivity (Wildman–Crippen MR) is 104 cm³/mol. The molecule has 2 aromatic rings. The lowest BCUT2D eigenvalue weighted by atomic mass is 9.89. The number of hydrogen-bond donors (Lipinski definition) is 3. The molecule has 0 saturated carbocycles. The summed E-state index contributed by atoms with van der Waals surface area (Å²) in [6.07, 6.45) is 0.256. The normalized spacial score (nSPS) is 15.6. The highest BCUT2D eigenvalue weighted by molar-refractivity contribution is 6.05. The van der Waals surface area contributed by atoms with Crippen LogP contribution in [-0.2, 0) is 20.8 Å². The summed E-state index contributed by atoms with van der Waals surface area (Å²) in [5, 5.41) is 8.20. The van der Waals surface area contributed by atoms with E-state index < -0.39 is 11.7 Å². The molecule has 6 nitrogen and oxygen atoms in total. The van der Waals surface area contributed by atoms with Crippen molar-refractivity contribution in [1.29, 1.82) is 0 Å². The van der Waals surface area contributed by atoms with Gasteiger partial charge in [-0.1, -0.05) is 18.2 Å². The lowest BCUT2D eigenvalue weighted by Gasteiger charge is -2.25. The second-order valence-corrected chi connectivity index (χ2v) is 7.12. The molecule has 0 saturated heterocycles. The number of nitrogens with one attached hydrogen (secondary N) is 3. The zero-order valence-corrected chi connectivity index (χ0v) is 15.7. The van der Waals surface area contributed by atoms with Crippen molar-refractivity contribution in [2.75, 3.05) is 10.6 Å². The Labute approximate surface area is 162 Å². The third-order valence-electron chi connectivity index (χ3n) is 4.41. The fraction of sp³-hybridized carbons (Fsp3) is 0.286. The first-order valence-electron chi connectivity index (χ1n) is 9.10. The van der Waals surface area contributed by atoms with Crippen LogP contribution in [0.1, 0.15) is 37.3 Å². The monoisotopic (exact) mass is 383 g/mol. The summed E-state index contributed by atoms with van der Waals surface area (Å²) in [6.45, 7) is 3.79. The van der Waals surface area contributed by atoms with Crippen molar-refractivity contribution >= 4 is 29.1 Å². The maximum absolute atomic E-state index is 13.4. The molecular formula is C21H22FN3O3. The number of benzene rings is 2. The Bertz CT molecular complexity index is 910. The van der Waals surface area contributed by atoms with Gasteiger partial charge in [-0.25, -0.2) is 4.39 Å². The van der Waals surface area contributed by atoms with E-state index in [1.807, 2.05) is 13.8 Å². The van der Waals surface area contributed by atoms with E-state index in [1.54, 1.807) is 24.3 Å². The van der Waals surface area contributed by atoms with Crippen molar-refractivity contribution in [2.45, 2.75) is 38.6 Å². The third kappa shape index (κ3) is 4.73. The van der Waals surface area contributed by atoms with Crippen LogP contribution in [0, 0.1) is 5.82 Å². The van der Waals surface area contributed by atoms with Gasteiger partial charge in [-0.3, -0.25) is 14.4 Å². The van der Waals surface area contributed by atoms with E-state index in [0.29, 0.717) is 16.9 Å². The maximum atomic E-state index is 13.4. The van der Waals surface area contributed by atoms with Crippen LogP contribution in [0.2, 0.25) is 0 Å². The summed E-state index contributed by atoms with van der Waals surface area (Å²) in [6, 6.07) is 11.0. The Morgan fingerprint density at radius 3 is 2.57 bits per heavy atom. The Kier molecular flexibility index (Phi) is 5.73. The minimum atomic E-state index is -0.694. The smallest absolute Gasteiger partial charge is 0.232 e. The zero-order chi connectivity index (χ0) is 20.3. The second-order valence-electron chi connectivity index (χ2n) is 7.12. The standard InChI is InChI=1S/C21H22FN3O3/c1-12(2)23-19(26)9-13-3-6-15(7-4-13)24-21(28)17-11-20(27)25-18-10-14(22)5-8-16(17)18/h3-8,10,12,17H,9,11H2,1-2H3,(H,23,26)(H,24,28)(H,25,27). The van der Waals surface area contributed by atoms with E-state index in [0.717, 1.165) is 5.56 Å². The summed E-state index contributed by atoms with van der Waals surface area (Å²) >= 11 is 0. The minimum Gasteiger partial charge on any atom is -0.354 e. The fourth-order valence-corrected chi connectivity index (χ4v) is 3.16. The van der Waals surface area contributed by atoms with Crippen molar-refractivity contribution in [3.63, 3.8) is 0 Å². The molecule has 1 unspecified atom stereocenters. The quantitative estimate of drug-likeness (QED) is 0.742. The van der Waals surface area contributed by atoms with E-state index >= 15 is 0 Å². The van der Waals surface area contributed by atoms with Gasteiger partial charge in [0.1, 0.15) is 5.82 Å². The van der Waals surface area contributed by atoms with Crippen LogP contribution < -0.4 is 16.0 Å². The highest BCUT2D eigenvalue weighted by atomic mass is 19.1. The molecule has 3 rings (SSSR count). The number of anilines is 2. The SMILES string of the molecule is CC(C)NC(=O)Cc1ccc(NC(=O)C2CC(=O)Nc3cc(F)ccc32)cc1. The van der Waals surface area contributed by atoms with Gasteiger partial charge >= 0.3 is 0 Å². The van der Waals surface area contributed by atoms with Gasteiger partial charge in [-0.2, -0.15) is 0 Å². The zero-order valence-electron chi connectivity index (χ0n) is 15.7. The van der Waals surface area contributed by atoms with Gasteiger partial charge in [0.25, 0.3) is 0 Å². The first-order valence-corrected chi connectivity index (χ1v) is 9.10.